The molecule has 2 aromatic rings. The van der Waals surface area contributed by atoms with Gasteiger partial charge in [-0.3, -0.25) is 9.89 Å². The van der Waals surface area contributed by atoms with Crippen LogP contribution in [0.4, 0.5) is 4.39 Å². The van der Waals surface area contributed by atoms with Crippen LogP contribution >= 0.6 is 0 Å². The molecule has 1 saturated heterocycles. The van der Waals surface area contributed by atoms with Crippen molar-refractivity contribution in [2.45, 2.75) is 32.8 Å². The van der Waals surface area contributed by atoms with Crippen LogP contribution in [-0.4, -0.2) is 45.7 Å². The van der Waals surface area contributed by atoms with E-state index in [1.165, 1.54) is 6.07 Å². The van der Waals surface area contributed by atoms with E-state index < -0.39 is 11.9 Å². The summed E-state index contributed by atoms with van der Waals surface area (Å²) in [5, 5.41) is 7.08. The molecule has 0 saturated carbocycles. The summed E-state index contributed by atoms with van der Waals surface area (Å²) < 4.78 is 19.7. The van der Waals surface area contributed by atoms with E-state index in [-0.39, 0.29) is 11.5 Å². The molecule has 6 nitrogen and oxygen atoms in total. The Labute approximate surface area is 140 Å². The predicted octanol–water partition coefficient (Wildman–Crippen LogP) is 2.42. The quantitative estimate of drug-likeness (QED) is 0.933. The van der Waals surface area contributed by atoms with E-state index in [0.29, 0.717) is 25.5 Å². The molecule has 128 valence electrons. The molecule has 1 fully saturated rings. The van der Waals surface area contributed by atoms with E-state index in [9.17, 15) is 9.18 Å². The number of rotatable bonds is 4. The van der Waals surface area contributed by atoms with Crippen molar-refractivity contribution in [2.24, 2.45) is 0 Å². The lowest BCUT2D eigenvalue weighted by Crippen LogP contribution is -2.42. The summed E-state index contributed by atoms with van der Waals surface area (Å²) >= 11 is 0. The number of hydrogen-bond donors (Lipinski definition) is 1. The summed E-state index contributed by atoms with van der Waals surface area (Å²) in [6.07, 6.45) is 1.39. The van der Waals surface area contributed by atoms with Crippen molar-refractivity contribution in [3.8, 4) is 0 Å². The third kappa shape index (κ3) is 3.46. The number of nitrogens with one attached hydrogen (secondary N) is 1. The molecule has 1 aromatic heterocycles. The van der Waals surface area contributed by atoms with Crippen LogP contribution in [0.2, 0.25) is 0 Å². The fourth-order valence-corrected chi connectivity index (χ4v) is 2.77. The minimum absolute atomic E-state index is 0.0947. The predicted molar refractivity (Wildman–Crippen MR) is 86.1 cm³/mol. The summed E-state index contributed by atoms with van der Waals surface area (Å²) in [6, 6.07) is 4.55. The SMILES string of the molecule is CCCc1nc(C2CN(C(=O)c3cc(C)ccc3F)CCO2)n[nH]1. The average Bonchev–Trinajstić information content (AvgIpc) is 3.06. The Morgan fingerprint density at radius 1 is 1.50 bits per heavy atom. The lowest BCUT2D eigenvalue weighted by atomic mass is 10.1. The van der Waals surface area contributed by atoms with Gasteiger partial charge in [0, 0.05) is 13.0 Å². The van der Waals surface area contributed by atoms with E-state index in [1.54, 1.807) is 17.0 Å². The molecular formula is C17H21FN4O2. The number of aromatic amines is 1. The van der Waals surface area contributed by atoms with Crippen LogP contribution in [-0.2, 0) is 11.2 Å². The van der Waals surface area contributed by atoms with Gasteiger partial charge < -0.3 is 9.64 Å². The Morgan fingerprint density at radius 3 is 3.12 bits per heavy atom. The fraction of sp³-hybridized carbons (Fsp3) is 0.471. The van der Waals surface area contributed by atoms with Crippen molar-refractivity contribution in [1.29, 1.82) is 0 Å². The zero-order valence-corrected chi connectivity index (χ0v) is 13.9. The smallest absolute Gasteiger partial charge is 0.257 e. The molecule has 1 amide bonds. The number of hydrogen-bond acceptors (Lipinski definition) is 4. The molecule has 24 heavy (non-hydrogen) atoms. The molecule has 2 heterocycles. The topological polar surface area (TPSA) is 71.1 Å². The summed E-state index contributed by atoms with van der Waals surface area (Å²) in [5.41, 5.74) is 0.944. The highest BCUT2D eigenvalue weighted by Gasteiger charge is 2.29. The van der Waals surface area contributed by atoms with Crippen LogP contribution in [0.15, 0.2) is 18.2 Å². The maximum atomic E-state index is 14.0. The Bertz CT molecular complexity index is 731. The first-order valence-electron chi connectivity index (χ1n) is 8.16. The monoisotopic (exact) mass is 332 g/mol. The van der Waals surface area contributed by atoms with Gasteiger partial charge in [-0.05, 0) is 25.5 Å². The zero-order chi connectivity index (χ0) is 17.1. The Kier molecular flexibility index (Phi) is 4.89. The molecular weight excluding hydrogens is 311 g/mol. The van der Waals surface area contributed by atoms with Gasteiger partial charge >= 0.3 is 0 Å². The molecule has 0 radical (unpaired) electrons. The molecule has 1 aliphatic heterocycles. The van der Waals surface area contributed by atoms with Gasteiger partial charge in [0.2, 0.25) is 0 Å². The highest BCUT2D eigenvalue weighted by Crippen LogP contribution is 2.22. The van der Waals surface area contributed by atoms with Crippen molar-refractivity contribution in [3.63, 3.8) is 0 Å². The fourth-order valence-electron chi connectivity index (χ4n) is 2.77. The lowest BCUT2D eigenvalue weighted by Gasteiger charge is -2.31. The van der Waals surface area contributed by atoms with Crippen LogP contribution in [0.3, 0.4) is 0 Å². The first kappa shape index (κ1) is 16.6. The van der Waals surface area contributed by atoms with Gasteiger partial charge in [-0.2, -0.15) is 5.10 Å². The second-order valence-electron chi connectivity index (χ2n) is 5.98. The Morgan fingerprint density at radius 2 is 2.33 bits per heavy atom. The van der Waals surface area contributed by atoms with Crippen LogP contribution in [0.25, 0.3) is 0 Å². The number of carbonyl (C=O) groups excluding carboxylic acids is 1. The Hall–Kier alpha value is -2.28. The Balaban J connectivity index is 1.75. The minimum Gasteiger partial charge on any atom is -0.366 e. The minimum atomic E-state index is -0.503. The summed E-state index contributed by atoms with van der Waals surface area (Å²) in [5.74, 6) is 0.524. The van der Waals surface area contributed by atoms with Gasteiger partial charge in [-0.15, -0.1) is 0 Å². The number of morpholine rings is 1. The van der Waals surface area contributed by atoms with Gasteiger partial charge in [0.25, 0.3) is 5.91 Å². The van der Waals surface area contributed by atoms with Crippen molar-refractivity contribution < 1.29 is 13.9 Å². The van der Waals surface area contributed by atoms with E-state index in [2.05, 4.69) is 22.1 Å². The van der Waals surface area contributed by atoms with Crippen molar-refractivity contribution >= 4 is 5.91 Å². The molecule has 1 unspecified atom stereocenters. The molecule has 1 aliphatic rings. The highest BCUT2D eigenvalue weighted by atomic mass is 19.1. The van der Waals surface area contributed by atoms with Gasteiger partial charge in [-0.25, -0.2) is 9.37 Å². The van der Waals surface area contributed by atoms with Crippen LogP contribution in [0, 0.1) is 12.7 Å². The molecule has 1 atom stereocenters. The highest BCUT2D eigenvalue weighted by molar-refractivity contribution is 5.94. The number of aromatic nitrogens is 3. The first-order chi connectivity index (χ1) is 11.6. The molecule has 0 bridgehead atoms. The number of halogens is 1. The maximum absolute atomic E-state index is 14.0. The summed E-state index contributed by atoms with van der Waals surface area (Å²) in [4.78, 5) is 18.7. The van der Waals surface area contributed by atoms with Gasteiger partial charge in [0.15, 0.2) is 5.82 Å². The second kappa shape index (κ2) is 7.09. The summed E-state index contributed by atoms with van der Waals surface area (Å²) in [6.45, 7) is 5.02. The number of ether oxygens (including phenoxy) is 1. The first-order valence-corrected chi connectivity index (χ1v) is 8.16. The normalized spacial score (nSPS) is 18.0. The van der Waals surface area contributed by atoms with Crippen molar-refractivity contribution in [3.05, 3.63) is 46.8 Å². The third-order valence-electron chi connectivity index (χ3n) is 4.03. The van der Waals surface area contributed by atoms with Gasteiger partial charge in [0.05, 0.1) is 18.7 Å². The number of H-pyrrole nitrogens is 1. The molecule has 1 N–H and O–H groups in total. The van der Waals surface area contributed by atoms with E-state index >= 15 is 0 Å². The second-order valence-corrected chi connectivity index (χ2v) is 5.98. The van der Waals surface area contributed by atoms with Crippen LogP contribution in [0.1, 0.15) is 47.0 Å². The van der Waals surface area contributed by atoms with Crippen LogP contribution < -0.4 is 0 Å². The molecule has 1 aromatic carbocycles. The maximum Gasteiger partial charge on any atom is 0.257 e. The lowest BCUT2D eigenvalue weighted by molar-refractivity contribution is -0.0268. The van der Waals surface area contributed by atoms with E-state index in [1.807, 2.05) is 6.92 Å². The van der Waals surface area contributed by atoms with Crippen molar-refractivity contribution in [1.82, 2.24) is 20.1 Å². The van der Waals surface area contributed by atoms with E-state index in [0.717, 1.165) is 24.2 Å². The summed E-state index contributed by atoms with van der Waals surface area (Å²) in [7, 11) is 0. The average molecular weight is 332 g/mol. The number of amides is 1. The molecule has 7 heteroatoms. The van der Waals surface area contributed by atoms with Crippen molar-refractivity contribution in [2.75, 3.05) is 19.7 Å². The molecule has 0 spiro atoms. The zero-order valence-electron chi connectivity index (χ0n) is 13.9. The molecule has 0 aliphatic carbocycles. The van der Waals surface area contributed by atoms with E-state index in [4.69, 9.17) is 4.74 Å². The number of carbonyl (C=O) groups is 1. The standard InChI is InChI=1S/C17H21FN4O2/c1-3-4-15-19-16(21-20-15)14-10-22(7-8-24-14)17(23)12-9-11(2)5-6-13(12)18/h5-6,9,14H,3-4,7-8,10H2,1-2H3,(H,19,20,21). The number of benzene rings is 1. The molecule has 3 rings (SSSR count). The van der Waals surface area contributed by atoms with Gasteiger partial charge in [0.1, 0.15) is 17.7 Å². The number of aryl methyl sites for hydroxylation is 2. The number of nitrogens with zero attached hydrogens (tertiary/aromatic N) is 3. The third-order valence-corrected chi connectivity index (χ3v) is 4.03. The largest absolute Gasteiger partial charge is 0.366 e. The van der Waals surface area contributed by atoms with Gasteiger partial charge in [-0.1, -0.05) is 18.6 Å². The van der Waals surface area contributed by atoms with Crippen LogP contribution in [0.5, 0.6) is 0 Å².